The van der Waals surface area contributed by atoms with Crippen molar-refractivity contribution in [1.29, 1.82) is 0 Å². The normalized spacial score (nSPS) is 15.1. The van der Waals surface area contributed by atoms with E-state index in [1.807, 2.05) is 32.0 Å². The molecule has 2 heterocycles. The number of methoxy groups -OCH3 is 1. The first-order valence-corrected chi connectivity index (χ1v) is 12.6. The maximum absolute atomic E-state index is 12.8. The van der Waals surface area contributed by atoms with E-state index >= 15 is 0 Å². The number of nitrogens with zero attached hydrogens (tertiary/aromatic N) is 3. The number of thioether (sulfide) groups is 1. The van der Waals surface area contributed by atoms with Crippen molar-refractivity contribution in [2.75, 3.05) is 31.4 Å². The van der Waals surface area contributed by atoms with Crippen LogP contribution in [0.25, 0.3) is 0 Å². The molecule has 8 nitrogen and oxygen atoms in total. The fourth-order valence-corrected chi connectivity index (χ4v) is 4.50. The standard InChI is InChI=1S/C24H34N4O4S/c1-6-9-13-32-18-12-11-17(15-19(18)31-8-3)21-20(22(29)30-5)16(4)25-23-26-24(27-28(21)23)33-14-10-7-2/h11-12,15,21H,6-10,13-14H2,1-5H3,(H,25,26,27). The van der Waals surface area contributed by atoms with Crippen LogP contribution in [0, 0.1) is 0 Å². The lowest BCUT2D eigenvalue weighted by Gasteiger charge is -2.28. The summed E-state index contributed by atoms with van der Waals surface area (Å²) in [5, 5.41) is 8.63. The molecule has 1 aliphatic rings. The molecule has 0 spiro atoms. The fourth-order valence-electron chi connectivity index (χ4n) is 3.59. The molecule has 180 valence electrons. The minimum atomic E-state index is -0.495. The highest BCUT2D eigenvalue weighted by Gasteiger charge is 2.35. The second kappa shape index (κ2) is 12.0. The van der Waals surface area contributed by atoms with Gasteiger partial charge >= 0.3 is 5.97 Å². The lowest BCUT2D eigenvalue weighted by Crippen LogP contribution is -2.29. The monoisotopic (exact) mass is 474 g/mol. The highest BCUT2D eigenvalue weighted by atomic mass is 32.2. The summed E-state index contributed by atoms with van der Waals surface area (Å²) in [6, 6.07) is 5.28. The number of anilines is 1. The number of benzene rings is 1. The van der Waals surface area contributed by atoms with Crippen molar-refractivity contribution in [2.45, 2.75) is 64.6 Å². The van der Waals surface area contributed by atoms with Crippen molar-refractivity contribution in [3.05, 3.63) is 35.0 Å². The maximum Gasteiger partial charge on any atom is 0.338 e. The quantitative estimate of drug-likeness (QED) is 0.255. The van der Waals surface area contributed by atoms with Gasteiger partial charge in [0.05, 0.1) is 25.9 Å². The number of unbranched alkanes of at least 4 members (excludes halogenated alkanes) is 2. The number of carbonyl (C=O) groups excluding carboxylic acids is 1. The number of esters is 1. The predicted molar refractivity (Wildman–Crippen MR) is 130 cm³/mol. The molecule has 3 rings (SSSR count). The minimum absolute atomic E-state index is 0.410. The Kier molecular flexibility index (Phi) is 9.05. The SMILES string of the molecule is CCCCOc1ccc(C2C(C(=O)OC)=C(C)Nc3nc(SCCCC)nn32)cc1OCC. The zero-order valence-electron chi connectivity index (χ0n) is 20.1. The number of fused-ring (bicyclic) bond motifs is 1. The summed E-state index contributed by atoms with van der Waals surface area (Å²) >= 11 is 1.61. The van der Waals surface area contributed by atoms with Crippen molar-refractivity contribution in [3.63, 3.8) is 0 Å². The average molecular weight is 475 g/mol. The van der Waals surface area contributed by atoms with Gasteiger partial charge in [-0.1, -0.05) is 44.5 Å². The Morgan fingerprint density at radius 1 is 1.15 bits per heavy atom. The van der Waals surface area contributed by atoms with Crippen LogP contribution in [0.1, 0.15) is 65.0 Å². The summed E-state index contributed by atoms with van der Waals surface area (Å²) in [7, 11) is 1.39. The number of allylic oxidation sites excluding steroid dienone is 1. The number of nitrogens with one attached hydrogen (secondary N) is 1. The van der Waals surface area contributed by atoms with E-state index in [4.69, 9.17) is 19.3 Å². The molecule has 0 saturated carbocycles. The molecular formula is C24H34N4O4S. The largest absolute Gasteiger partial charge is 0.490 e. The Bertz CT molecular complexity index is 989. The van der Waals surface area contributed by atoms with Gasteiger partial charge in [-0.25, -0.2) is 9.48 Å². The highest BCUT2D eigenvalue weighted by molar-refractivity contribution is 7.99. The molecule has 1 N–H and O–H groups in total. The molecule has 0 amide bonds. The molecule has 0 fully saturated rings. The average Bonchev–Trinajstić information content (AvgIpc) is 3.21. The van der Waals surface area contributed by atoms with Crippen molar-refractivity contribution in [2.24, 2.45) is 0 Å². The second-order valence-electron chi connectivity index (χ2n) is 7.76. The topological polar surface area (TPSA) is 87.5 Å². The molecule has 0 bridgehead atoms. The van der Waals surface area contributed by atoms with Crippen LogP contribution in [0.3, 0.4) is 0 Å². The van der Waals surface area contributed by atoms with Gasteiger partial charge in [0.2, 0.25) is 11.1 Å². The lowest BCUT2D eigenvalue weighted by molar-refractivity contribution is -0.136. The molecular weight excluding hydrogens is 440 g/mol. The van der Waals surface area contributed by atoms with Crippen LogP contribution in [-0.4, -0.2) is 46.8 Å². The van der Waals surface area contributed by atoms with E-state index < -0.39 is 12.0 Å². The van der Waals surface area contributed by atoms with Gasteiger partial charge < -0.3 is 19.5 Å². The molecule has 1 aromatic heterocycles. The van der Waals surface area contributed by atoms with Crippen LogP contribution in [0.5, 0.6) is 11.5 Å². The van der Waals surface area contributed by atoms with Crippen molar-refractivity contribution in [3.8, 4) is 11.5 Å². The van der Waals surface area contributed by atoms with Crippen LogP contribution in [0.15, 0.2) is 34.6 Å². The van der Waals surface area contributed by atoms with Crippen LogP contribution in [0.2, 0.25) is 0 Å². The molecule has 1 aliphatic heterocycles. The summed E-state index contributed by atoms with van der Waals surface area (Å²) in [6.07, 6.45) is 4.23. The number of aromatic nitrogens is 3. The first-order valence-electron chi connectivity index (χ1n) is 11.6. The number of rotatable bonds is 12. The van der Waals surface area contributed by atoms with Gasteiger partial charge in [0.25, 0.3) is 0 Å². The van der Waals surface area contributed by atoms with E-state index in [0.29, 0.717) is 47.1 Å². The van der Waals surface area contributed by atoms with Crippen molar-refractivity contribution in [1.82, 2.24) is 14.8 Å². The maximum atomic E-state index is 12.8. The third kappa shape index (κ3) is 5.82. The summed E-state index contributed by atoms with van der Waals surface area (Å²) in [4.78, 5) is 17.5. The molecule has 1 unspecified atom stereocenters. The first kappa shape index (κ1) is 25.0. The smallest absolute Gasteiger partial charge is 0.338 e. The molecule has 1 aromatic carbocycles. The van der Waals surface area contributed by atoms with Gasteiger partial charge in [-0.15, -0.1) is 5.10 Å². The molecule has 33 heavy (non-hydrogen) atoms. The number of carbonyl (C=O) groups is 1. The zero-order valence-corrected chi connectivity index (χ0v) is 21.0. The molecule has 1 atom stereocenters. The van der Waals surface area contributed by atoms with E-state index in [2.05, 4.69) is 24.1 Å². The van der Waals surface area contributed by atoms with Gasteiger partial charge in [-0.05, 0) is 44.4 Å². The lowest BCUT2D eigenvalue weighted by atomic mass is 9.95. The van der Waals surface area contributed by atoms with Crippen LogP contribution in [0.4, 0.5) is 5.95 Å². The van der Waals surface area contributed by atoms with E-state index in [1.165, 1.54) is 7.11 Å². The first-order chi connectivity index (χ1) is 16.0. The van der Waals surface area contributed by atoms with Crippen molar-refractivity contribution < 1.29 is 19.0 Å². The molecule has 0 radical (unpaired) electrons. The van der Waals surface area contributed by atoms with Crippen molar-refractivity contribution >= 4 is 23.7 Å². The number of hydrogen-bond acceptors (Lipinski definition) is 8. The van der Waals surface area contributed by atoms with Gasteiger partial charge in [-0.3, -0.25) is 0 Å². The van der Waals surface area contributed by atoms with Crippen LogP contribution >= 0.6 is 11.8 Å². The Hall–Kier alpha value is -2.68. The Labute approximate surface area is 200 Å². The zero-order chi connectivity index (χ0) is 23.8. The van der Waals surface area contributed by atoms with Gasteiger partial charge in [0.15, 0.2) is 11.5 Å². The van der Waals surface area contributed by atoms with Gasteiger partial charge in [0, 0.05) is 11.4 Å². The molecule has 9 heteroatoms. The molecule has 0 aliphatic carbocycles. The van der Waals surface area contributed by atoms with E-state index in [0.717, 1.165) is 37.0 Å². The Morgan fingerprint density at radius 2 is 1.94 bits per heavy atom. The van der Waals surface area contributed by atoms with Gasteiger partial charge in [0.1, 0.15) is 6.04 Å². The number of hydrogen-bond donors (Lipinski definition) is 1. The highest BCUT2D eigenvalue weighted by Crippen LogP contribution is 2.40. The Balaban J connectivity index is 2.03. The van der Waals surface area contributed by atoms with Gasteiger partial charge in [-0.2, -0.15) is 4.98 Å². The molecule has 2 aromatic rings. The number of ether oxygens (including phenoxy) is 3. The minimum Gasteiger partial charge on any atom is -0.490 e. The van der Waals surface area contributed by atoms with E-state index in [9.17, 15) is 4.79 Å². The second-order valence-corrected chi connectivity index (χ2v) is 8.83. The summed E-state index contributed by atoms with van der Waals surface area (Å²) in [6.45, 7) is 9.21. The summed E-state index contributed by atoms with van der Waals surface area (Å²) < 4.78 is 18.7. The fraction of sp³-hybridized carbons (Fsp3) is 0.542. The summed E-state index contributed by atoms with van der Waals surface area (Å²) in [5.74, 6) is 2.47. The van der Waals surface area contributed by atoms with Crippen LogP contribution < -0.4 is 14.8 Å². The van der Waals surface area contributed by atoms with E-state index in [-0.39, 0.29) is 0 Å². The summed E-state index contributed by atoms with van der Waals surface area (Å²) in [5.41, 5.74) is 2.03. The Morgan fingerprint density at radius 3 is 2.64 bits per heavy atom. The third-order valence-electron chi connectivity index (χ3n) is 5.31. The molecule has 0 saturated heterocycles. The van der Waals surface area contributed by atoms with Crippen LogP contribution in [-0.2, 0) is 9.53 Å². The van der Waals surface area contributed by atoms with E-state index in [1.54, 1.807) is 16.4 Å². The third-order valence-corrected chi connectivity index (χ3v) is 6.23. The predicted octanol–water partition coefficient (Wildman–Crippen LogP) is 5.21.